The monoisotopic (exact) mass is 207 g/mol. The van der Waals surface area contributed by atoms with Crippen molar-refractivity contribution in [2.75, 3.05) is 5.73 Å². The van der Waals surface area contributed by atoms with Crippen LogP contribution in [0.2, 0.25) is 0 Å². The third-order valence-electron chi connectivity index (χ3n) is 2.77. The molecule has 82 valence electrons. The van der Waals surface area contributed by atoms with Gasteiger partial charge in [-0.3, -0.25) is 4.79 Å². The molecule has 0 unspecified atom stereocenters. The zero-order valence-corrected chi connectivity index (χ0v) is 9.16. The predicted octanol–water partition coefficient (Wildman–Crippen LogP) is 2.55. The average Bonchev–Trinajstić information content (AvgIpc) is 2.19. The number of carboxylic acids is 1. The molecule has 1 aromatic rings. The largest absolute Gasteiger partial charge is 0.481 e. The van der Waals surface area contributed by atoms with Crippen molar-refractivity contribution >= 4 is 11.7 Å². The SMILES string of the molecule is CC[C@@H](CC(=O)O)c1cccc(N)c1C. The van der Waals surface area contributed by atoms with Gasteiger partial charge in [0.1, 0.15) is 0 Å². The van der Waals surface area contributed by atoms with Crippen LogP contribution in [-0.4, -0.2) is 11.1 Å². The summed E-state index contributed by atoms with van der Waals surface area (Å²) < 4.78 is 0. The van der Waals surface area contributed by atoms with Crippen LogP contribution in [0.3, 0.4) is 0 Å². The summed E-state index contributed by atoms with van der Waals surface area (Å²) in [5, 5.41) is 8.81. The Morgan fingerprint density at radius 1 is 1.53 bits per heavy atom. The minimum atomic E-state index is -0.760. The van der Waals surface area contributed by atoms with Gasteiger partial charge in [-0.15, -0.1) is 0 Å². The van der Waals surface area contributed by atoms with E-state index in [1.807, 2.05) is 32.0 Å². The van der Waals surface area contributed by atoms with Crippen molar-refractivity contribution in [1.29, 1.82) is 0 Å². The van der Waals surface area contributed by atoms with Gasteiger partial charge in [-0.25, -0.2) is 0 Å². The number of carbonyl (C=O) groups is 1. The number of nitrogen functional groups attached to an aromatic ring is 1. The molecule has 1 atom stereocenters. The molecule has 0 aliphatic heterocycles. The van der Waals surface area contributed by atoms with Crippen molar-refractivity contribution < 1.29 is 9.90 Å². The Hall–Kier alpha value is -1.51. The number of anilines is 1. The molecule has 0 bridgehead atoms. The molecule has 1 aromatic carbocycles. The lowest BCUT2D eigenvalue weighted by atomic mass is 9.89. The van der Waals surface area contributed by atoms with Crippen LogP contribution < -0.4 is 5.73 Å². The molecule has 3 nitrogen and oxygen atoms in total. The molecule has 0 aromatic heterocycles. The van der Waals surface area contributed by atoms with Crippen LogP contribution in [-0.2, 0) is 4.79 Å². The summed E-state index contributed by atoms with van der Waals surface area (Å²) in [7, 11) is 0. The van der Waals surface area contributed by atoms with E-state index in [0.717, 1.165) is 23.2 Å². The number of hydrogen-bond acceptors (Lipinski definition) is 2. The van der Waals surface area contributed by atoms with Gasteiger partial charge in [-0.1, -0.05) is 19.1 Å². The highest BCUT2D eigenvalue weighted by Gasteiger charge is 2.16. The van der Waals surface area contributed by atoms with Crippen molar-refractivity contribution in [3.05, 3.63) is 29.3 Å². The number of aliphatic carboxylic acids is 1. The Kier molecular flexibility index (Phi) is 3.72. The molecule has 15 heavy (non-hydrogen) atoms. The Labute approximate surface area is 89.9 Å². The van der Waals surface area contributed by atoms with Gasteiger partial charge in [0.05, 0.1) is 6.42 Å². The van der Waals surface area contributed by atoms with Crippen LogP contribution in [0.4, 0.5) is 5.69 Å². The number of benzene rings is 1. The van der Waals surface area contributed by atoms with Crippen molar-refractivity contribution in [1.82, 2.24) is 0 Å². The first-order valence-corrected chi connectivity index (χ1v) is 5.13. The van der Waals surface area contributed by atoms with Crippen LogP contribution in [0, 0.1) is 6.92 Å². The van der Waals surface area contributed by atoms with E-state index in [-0.39, 0.29) is 12.3 Å². The van der Waals surface area contributed by atoms with Crippen LogP contribution in [0.5, 0.6) is 0 Å². The average molecular weight is 207 g/mol. The summed E-state index contributed by atoms with van der Waals surface area (Å²) in [5.74, 6) is -0.699. The maximum Gasteiger partial charge on any atom is 0.303 e. The molecule has 0 saturated heterocycles. The lowest BCUT2D eigenvalue weighted by Gasteiger charge is -2.16. The first-order valence-electron chi connectivity index (χ1n) is 5.13. The van der Waals surface area contributed by atoms with Gasteiger partial charge in [-0.2, -0.15) is 0 Å². The molecule has 0 amide bonds. The highest BCUT2D eigenvalue weighted by Crippen LogP contribution is 2.28. The Balaban J connectivity index is 3.01. The molecule has 0 heterocycles. The number of nitrogens with two attached hydrogens (primary N) is 1. The second-order valence-corrected chi connectivity index (χ2v) is 3.76. The summed E-state index contributed by atoms with van der Waals surface area (Å²) in [5.41, 5.74) is 8.59. The van der Waals surface area contributed by atoms with Crippen molar-refractivity contribution in [2.45, 2.75) is 32.6 Å². The van der Waals surface area contributed by atoms with E-state index in [4.69, 9.17) is 10.8 Å². The maximum absolute atomic E-state index is 10.7. The Morgan fingerprint density at radius 3 is 2.73 bits per heavy atom. The van der Waals surface area contributed by atoms with Gasteiger partial charge < -0.3 is 10.8 Å². The van der Waals surface area contributed by atoms with E-state index in [1.54, 1.807) is 0 Å². The van der Waals surface area contributed by atoms with Crippen LogP contribution >= 0.6 is 0 Å². The smallest absolute Gasteiger partial charge is 0.303 e. The van der Waals surface area contributed by atoms with Gasteiger partial charge in [-0.05, 0) is 36.5 Å². The number of hydrogen-bond donors (Lipinski definition) is 2. The zero-order valence-electron chi connectivity index (χ0n) is 9.16. The first-order chi connectivity index (χ1) is 7.06. The van der Waals surface area contributed by atoms with E-state index in [0.29, 0.717) is 0 Å². The molecule has 0 aliphatic carbocycles. The molecule has 1 rings (SSSR count). The van der Waals surface area contributed by atoms with E-state index in [1.165, 1.54) is 0 Å². The summed E-state index contributed by atoms with van der Waals surface area (Å²) in [6, 6.07) is 5.68. The molecule has 0 spiro atoms. The van der Waals surface area contributed by atoms with Crippen LogP contribution in [0.1, 0.15) is 36.8 Å². The summed E-state index contributed by atoms with van der Waals surface area (Å²) in [6.45, 7) is 3.94. The fourth-order valence-electron chi connectivity index (χ4n) is 1.80. The Morgan fingerprint density at radius 2 is 2.20 bits per heavy atom. The first kappa shape index (κ1) is 11.6. The van der Waals surface area contributed by atoms with E-state index in [2.05, 4.69) is 0 Å². The molecule has 0 radical (unpaired) electrons. The summed E-state index contributed by atoms with van der Waals surface area (Å²) >= 11 is 0. The molecular formula is C12H17NO2. The maximum atomic E-state index is 10.7. The van der Waals surface area contributed by atoms with Gasteiger partial charge >= 0.3 is 5.97 Å². The van der Waals surface area contributed by atoms with Gasteiger partial charge in [0.15, 0.2) is 0 Å². The Bertz CT molecular complexity index is 361. The van der Waals surface area contributed by atoms with Crippen molar-refractivity contribution in [3.63, 3.8) is 0 Å². The molecular weight excluding hydrogens is 190 g/mol. The molecule has 0 fully saturated rings. The topological polar surface area (TPSA) is 63.3 Å². The van der Waals surface area contributed by atoms with Crippen molar-refractivity contribution in [2.24, 2.45) is 0 Å². The lowest BCUT2D eigenvalue weighted by molar-refractivity contribution is -0.137. The standard InChI is InChI=1S/C12H17NO2/c1-3-9(7-12(14)15)10-5-4-6-11(13)8(10)2/h4-6,9H,3,7,13H2,1-2H3,(H,14,15)/t9-/m0/s1. The second-order valence-electron chi connectivity index (χ2n) is 3.76. The molecule has 3 heteroatoms. The summed E-state index contributed by atoms with van der Waals surface area (Å²) in [4.78, 5) is 10.7. The van der Waals surface area contributed by atoms with Crippen LogP contribution in [0.25, 0.3) is 0 Å². The highest BCUT2D eigenvalue weighted by molar-refractivity contribution is 5.68. The molecule has 0 aliphatic rings. The van der Waals surface area contributed by atoms with Crippen molar-refractivity contribution in [3.8, 4) is 0 Å². The van der Waals surface area contributed by atoms with E-state index >= 15 is 0 Å². The quantitative estimate of drug-likeness (QED) is 0.746. The van der Waals surface area contributed by atoms with Gasteiger partial charge in [0.2, 0.25) is 0 Å². The summed E-state index contributed by atoms with van der Waals surface area (Å²) in [6.07, 6.45) is 0.984. The third-order valence-corrected chi connectivity index (χ3v) is 2.77. The third kappa shape index (κ3) is 2.72. The highest BCUT2D eigenvalue weighted by atomic mass is 16.4. The molecule has 3 N–H and O–H groups in total. The van der Waals surface area contributed by atoms with E-state index in [9.17, 15) is 4.79 Å². The predicted molar refractivity (Wildman–Crippen MR) is 60.9 cm³/mol. The van der Waals surface area contributed by atoms with E-state index < -0.39 is 5.97 Å². The van der Waals surface area contributed by atoms with Gasteiger partial charge in [0.25, 0.3) is 0 Å². The minimum Gasteiger partial charge on any atom is -0.481 e. The normalized spacial score (nSPS) is 12.4. The van der Waals surface area contributed by atoms with Crippen LogP contribution in [0.15, 0.2) is 18.2 Å². The number of carboxylic acid groups (broad SMARTS) is 1. The number of rotatable bonds is 4. The lowest BCUT2D eigenvalue weighted by Crippen LogP contribution is -2.08. The second kappa shape index (κ2) is 4.82. The fraction of sp³-hybridized carbons (Fsp3) is 0.417. The fourth-order valence-corrected chi connectivity index (χ4v) is 1.80. The zero-order chi connectivity index (χ0) is 11.4. The van der Waals surface area contributed by atoms with Gasteiger partial charge in [0, 0.05) is 5.69 Å². The minimum absolute atomic E-state index is 0.0611. The molecule has 0 saturated carbocycles.